The number of nitrogens with two attached hydrogens (primary N) is 1. The molecule has 0 aliphatic heterocycles. The lowest BCUT2D eigenvalue weighted by atomic mass is 10.2. The highest BCUT2D eigenvalue weighted by Crippen LogP contribution is 2.27. The van der Waals surface area contributed by atoms with Gasteiger partial charge in [0, 0.05) is 23.2 Å². The molecule has 114 valence electrons. The Balaban J connectivity index is 2.45. The molecule has 0 bridgehead atoms. The number of thiophene rings is 1. The lowest BCUT2D eigenvalue weighted by Crippen LogP contribution is -2.36. The van der Waals surface area contributed by atoms with Crippen molar-refractivity contribution in [1.82, 2.24) is 4.31 Å². The van der Waals surface area contributed by atoms with E-state index in [1.807, 2.05) is 31.4 Å². The Hall–Kier alpha value is -1.37. The summed E-state index contributed by atoms with van der Waals surface area (Å²) < 4.78 is 27.4. The van der Waals surface area contributed by atoms with Crippen molar-refractivity contribution < 1.29 is 8.42 Å². The largest absolute Gasteiger partial charge is 0.398 e. The third-order valence-corrected chi connectivity index (χ3v) is 6.41. The fraction of sp³-hybridized carbons (Fsp3) is 0.333. The van der Waals surface area contributed by atoms with Crippen LogP contribution >= 0.6 is 11.3 Å². The molecule has 2 N–H and O–H groups in total. The van der Waals surface area contributed by atoms with Crippen LogP contribution in [0.3, 0.4) is 0 Å². The Morgan fingerprint density at radius 2 is 1.95 bits per heavy atom. The molecule has 2 rings (SSSR count). The van der Waals surface area contributed by atoms with E-state index in [1.165, 1.54) is 4.31 Å². The Bertz CT molecular complexity index is 707. The molecule has 0 atom stereocenters. The summed E-state index contributed by atoms with van der Waals surface area (Å²) in [6.45, 7) is 5.89. The van der Waals surface area contributed by atoms with Crippen molar-refractivity contribution in [3.8, 4) is 0 Å². The molecule has 0 spiro atoms. The van der Waals surface area contributed by atoms with E-state index in [4.69, 9.17) is 5.73 Å². The van der Waals surface area contributed by atoms with Crippen LogP contribution in [0, 0.1) is 6.92 Å². The number of benzene rings is 1. The van der Waals surface area contributed by atoms with Crippen molar-refractivity contribution in [2.24, 2.45) is 0 Å². The predicted octanol–water partition coefficient (Wildman–Crippen LogP) is 3.24. The minimum atomic E-state index is -3.57. The van der Waals surface area contributed by atoms with Gasteiger partial charge in [-0.05, 0) is 49.9 Å². The smallest absolute Gasteiger partial charge is 0.243 e. The van der Waals surface area contributed by atoms with Crippen molar-refractivity contribution in [2.75, 3.05) is 5.73 Å². The molecule has 0 fully saturated rings. The molecular weight excluding hydrogens is 304 g/mol. The van der Waals surface area contributed by atoms with Crippen LogP contribution in [0.15, 0.2) is 40.6 Å². The molecule has 0 saturated carbocycles. The second kappa shape index (κ2) is 6.17. The molecule has 0 radical (unpaired) electrons. The number of hydrogen-bond donors (Lipinski definition) is 1. The first-order valence-corrected chi connectivity index (χ1v) is 9.05. The standard InChI is InChI=1S/C15H20N2O2S2/c1-11(2)17(10-13-6-5-9-20-13)21(18,19)15-8-4-7-14(16)12(15)3/h4-9,11H,10,16H2,1-3H3. The zero-order valence-corrected chi connectivity index (χ0v) is 14.0. The lowest BCUT2D eigenvalue weighted by Gasteiger charge is -2.26. The predicted molar refractivity (Wildman–Crippen MR) is 87.8 cm³/mol. The highest BCUT2D eigenvalue weighted by Gasteiger charge is 2.29. The number of sulfonamides is 1. The summed E-state index contributed by atoms with van der Waals surface area (Å²) in [5.41, 5.74) is 6.95. The normalized spacial score (nSPS) is 12.2. The number of nitrogen functional groups attached to an aromatic ring is 1. The second-order valence-corrected chi connectivity index (χ2v) is 8.08. The molecule has 1 heterocycles. The summed E-state index contributed by atoms with van der Waals surface area (Å²) in [5.74, 6) is 0. The van der Waals surface area contributed by atoms with Crippen molar-refractivity contribution >= 4 is 27.0 Å². The van der Waals surface area contributed by atoms with Gasteiger partial charge in [-0.25, -0.2) is 8.42 Å². The number of rotatable bonds is 5. The first-order chi connectivity index (χ1) is 9.84. The van der Waals surface area contributed by atoms with Crippen LogP contribution in [-0.4, -0.2) is 18.8 Å². The van der Waals surface area contributed by atoms with E-state index in [-0.39, 0.29) is 10.9 Å². The molecule has 0 saturated heterocycles. The Labute approximate surface area is 130 Å². The van der Waals surface area contributed by atoms with Gasteiger partial charge in [0.05, 0.1) is 4.90 Å². The topological polar surface area (TPSA) is 63.4 Å². The zero-order valence-electron chi connectivity index (χ0n) is 12.4. The van der Waals surface area contributed by atoms with E-state index in [1.54, 1.807) is 36.5 Å². The molecule has 1 aromatic heterocycles. The minimum absolute atomic E-state index is 0.127. The monoisotopic (exact) mass is 324 g/mol. The fourth-order valence-corrected chi connectivity index (χ4v) is 4.79. The maximum absolute atomic E-state index is 12.9. The fourth-order valence-electron chi connectivity index (χ4n) is 2.14. The summed E-state index contributed by atoms with van der Waals surface area (Å²) in [6, 6.07) is 8.76. The maximum atomic E-state index is 12.9. The van der Waals surface area contributed by atoms with Crippen LogP contribution in [0.1, 0.15) is 24.3 Å². The van der Waals surface area contributed by atoms with Crippen LogP contribution in [0.4, 0.5) is 5.69 Å². The molecule has 0 aliphatic rings. The average Bonchev–Trinajstić information content (AvgIpc) is 2.91. The van der Waals surface area contributed by atoms with Crippen molar-refractivity contribution in [3.63, 3.8) is 0 Å². The van der Waals surface area contributed by atoms with Gasteiger partial charge < -0.3 is 5.73 Å². The summed E-state index contributed by atoms with van der Waals surface area (Å²) in [5, 5.41) is 1.95. The highest BCUT2D eigenvalue weighted by molar-refractivity contribution is 7.89. The summed E-state index contributed by atoms with van der Waals surface area (Å²) >= 11 is 1.56. The van der Waals surface area contributed by atoms with Gasteiger partial charge in [0.15, 0.2) is 0 Å². The van der Waals surface area contributed by atoms with Gasteiger partial charge in [0.1, 0.15) is 0 Å². The lowest BCUT2D eigenvalue weighted by molar-refractivity contribution is 0.350. The van der Waals surface area contributed by atoms with Gasteiger partial charge in [-0.3, -0.25) is 0 Å². The van der Waals surface area contributed by atoms with E-state index in [0.29, 0.717) is 17.8 Å². The van der Waals surface area contributed by atoms with E-state index < -0.39 is 10.0 Å². The van der Waals surface area contributed by atoms with Crippen molar-refractivity contribution in [2.45, 2.75) is 38.3 Å². The Morgan fingerprint density at radius 1 is 1.24 bits per heavy atom. The minimum Gasteiger partial charge on any atom is -0.398 e. The van der Waals surface area contributed by atoms with E-state index in [9.17, 15) is 8.42 Å². The Morgan fingerprint density at radius 3 is 2.52 bits per heavy atom. The van der Waals surface area contributed by atoms with Crippen LogP contribution in [0.25, 0.3) is 0 Å². The molecule has 4 nitrogen and oxygen atoms in total. The molecule has 0 unspecified atom stereocenters. The van der Waals surface area contributed by atoms with Crippen LogP contribution in [0.5, 0.6) is 0 Å². The van der Waals surface area contributed by atoms with Gasteiger partial charge in [-0.15, -0.1) is 11.3 Å². The van der Waals surface area contributed by atoms with Gasteiger partial charge in [-0.1, -0.05) is 12.1 Å². The number of anilines is 1. The van der Waals surface area contributed by atoms with Crippen molar-refractivity contribution in [3.05, 3.63) is 46.2 Å². The highest BCUT2D eigenvalue weighted by atomic mass is 32.2. The first kappa shape index (κ1) is 16.0. The quantitative estimate of drug-likeness (QED) is 0.859. The van der Waals surface area contributed by atoms with Crippen LogP contribution in [-0.2, 0) is 16.6 Å². The van der Waals surface area contributed by atoms with Gasteiger partial charge in [0.2, 0.25) is 10.0 Å². The molecule has 0 aliphatic carbocycles. The molecule has 1 aromatic carbocycles. The average molecular weight is 324 g/mol. The van der Waals surface area contributed by atoms with E-state index in [0.717, 1.165) is 4.88 Å². The number of hydrogen-bond acceptors (Lipinski definition) is 4. The van der Waals surface area contributed by atoms with Gasteiger partial charge in [-0.2, -0.15) is 4.31 Å². The van der Waals surface area contributed by atoms with Crippen molar-refractivity contribution in [1.29, 1.82) is 0 Å². The third-order valence-electron chi connectivity index (χ3n) is 3.38. The van der Waals surface area contributed by atoms with E-state index in [2.05, 4.69) is 0 Å². The first-order valence-electron chi connectivity index (χ1n) is 6.73. The van der Waals surface area contributed by atoms with Gasteiger partial charge in [0.25, 0.3) is 0 Å². The third kappa shape index (κ3) is 3.28. The molecule has 0 amide bonds. The maximum Gasteiger partial charge on any atom is 0.243 e. The van der Waals surface area contributed by atoms with Crippen LogP contribution < -0.4 is 5.73 Å². The van der Waals surface area contributed by atoms with Crippen LogP contribution in [0.2, 0.25) is 0 Å². The summed E-state index contributed by atoms with van der Waals surface area (Å²) in [7, 11) is -3.57. The summed E-state index contributed by atoms with van der Waals surface area (Å²) in [6.07, 6.45) is 0. The molecule has 6 heteroatoms. The zero-order chi connectivity index (χ0) is 15.6. The van der Waals surface area contributed by atoms with E-state index >= 15 is 0 Å². The molecule has 21 heavy (non-hydrogen) atoms. The Kier molecular flexibility index (Phi) is 4.70. The van der Waals surface area contributed by atoms with Gasteiger partial charge >= 0.3 is 0 Å². The molecule has 2 aromatic rings. The number of nitrogens with zero attached hydrogens (tertiary/aromatic N) is 1. The molecular formula is C15H20N2O2S2. The summed E-state index contributed by atoms with van der Waals surface area (Å²) in [4.78, 5) is 1.31. The second-order valence-electron chi connectivity index (χ2n) is 5.19. The SMILES string of the molecule is Cc1c(N)cccc1S(=O)(=O)N(Cc1cccs1)C(C)C.